The number of methoxy groups -OCH3 is 1. The van der Waals surface area contributed by atoms with Crippen molar-refractivity contribution < 1.29 is 14.3 Å². The Labute approximate surface area is 270 Å². The predicted octanol–water partition coefficient (Wildman–Crippen LogP) is 13.0. The van der Waals surface area contributed by atoms with E-state index < -0.39 is 0 Å². The minimum absolute atomic E-state index is 0.0924. The van der Waals surface area contributed by atoms with Crippen molar-refractivity contribution in [3.8, 4) is 11.5 Å². The molecule has 44 heavy (non-hydrogen) atoms. The van der Waals surface area contributed by atoms with Gasteiger partial charge in [0.25, 0.3) is 0 Å². The zero-order chi connectivity index (χ0) is 31.5. The van der Waals surface area contributed by atoms with Crippen LogP contribution < -0.4 is 10.2 Å². The molecule has 2 aromatic rings. The number of fused-ring (bicyclic) bond motifs is 1. The molecule has 0 bridgehead atoms. The third kappa shape index (κ3) is 18.1. The topological polar surface area (TPSA) is 59.7 Å². The summed E-state index contributed by atoms with van der Waals surface area (Å²) >= 11 is 0. The highest BCUT2D eigenvalue weighted by Gasteiger charge is 2.11. The number of ether oxygens (including phenoxy) is 1. The molecule has 4 heteroatoms. The molecule has 1 heterocycles. The molecule has 0 amide bonds. The molecule has 0 atom stereocenters. The van der Waals surface area contributed by atoms with Crippen molar-refractivity contribution >= 4 is 11.0 Å². The minimum atomic E-state index is -0.193. The molecule has 0 radical (unpaired) electrons. The smallest absolute Gasteiger partial charge is 0.196 e. The third-order valence-electron chi connectivity index (χ3n) is 9.35. The maximum atomic E-state index is 12.4. The van der Waals surface area contributed by atoms with Gasteiger partial charge in [-0.2, -0.15) is 0 Å². The van der Waals surface area contributed by atoms with Crippen molar-refractivity contribution in [2.24, 2.45) is 0 Å². The predicted molar refractivity (Wildman–Crippen MR) is 189 cm³/mol. The van der Waals surface area contributed by atoms with Gasteiger partial charge in [0.1, 0.15) is 28.2 Å². The van der Waals surface area contributed by atoms with E-state index in [1.165, 1.54) is 186 Å². The highest BCUT2D eigenvalue weighted by atomic mass is 16.5. The highest BCUT2D eigenvalue weighted by molar-refractivity contribution is 5.84. The molecule has 0 saturated heterocycles. The SMILES string of the molecule is CCCCCCCCCCCCCCCCCCCCCCCCCCCCCCc1cc(=O)c2c(O)cc(OC)cc2o1. The Morgan fingerprint density at radius 1 is 0.545 bits per heavy atom. The van der Waals surface area contributed by atoms with Gasteiger partial charge in [0, 0.05) is 24.6 Å². The van der Waals surface area contributed by atoms with Gasteiger partial charge in [0.15, 0.2) is 5.43 Å². The Morgan fingerprint density at radius 3 is 1.27 bits per heavy atom. The van der Waals surface area contributed by atoms with Gasteiger partial charge in [-0.05, 0) is 6.42 Å². The van der Waals surface area contributed by atoms with Gasteiger partial charge < -0.3 is 14.3 Å². The van der Waals surface area contributed by atoms with Crippen molar-refractivity contribution in [1.82, 2.24) is 0 Å². The quantitative estimate of drug-likeness (QED) is 0.0892. The van der Waals surface area contributed by atoms with Crippen LogP contribution in [-0.4, -0.2) is 12.2 Å². The summed E-state index contributed by atoms with van der Waals surface area (Å²) in [6.07, 6.45) is 39.9. The van der Waals surface area contributed by atoms with Crippen LogP contribution in [0.2, 0.25) is 0 Å². The van der Waals surface area contributed by atoms with Crippen molar-refractivity contribution in [3.63, 3.8) is 0 Å². The van der Waals surface area contributed by atoms with Crippen LogP contribution in [0, 0.1) is 0 Å². The number of aromatic hydroxyl groups is 1. The molecule has 0 aliphatic heterocycles. The number of hydrogen-bond donors (Lipinski definition) is 1. The average molecular weight is 613 g/mol. The molecule has 1 N–H and O–H groups in total. The Morgan fingerprint density at radius 2 is 0.909 bits per heavy atom. The zero-order valence-electron chi connectivity index (χ0n) is 28.9. The molecule has 0 fully saturated rings. The van der Waals surface area contributed by atoms with Crippen LogP contribution in [0.15, 0.2) is 27.4 Å². The molecular formula is C40H68O4. The normalized spacial score (nSPS) is 11.5. The van der Waals surface area contributed by atoms with Gasteiger partial charge in [0.05, 0.1) is 7.11 Å². The lowest BCUT2D eigenvalue weighted by Crippen LogP contribution is -2.03. The molecular weight excluding hydrogens is 544 g/mol. The summed E-state index contributed by atoms with van der Waals surface area (Å²) in [6.45, 7) is 2.30. The molecule has 0 unspecified atom stereocenters. The van der Waals surface area contributed by atoms with E-state index in [0.29, 0.717) is 17.1 Å². The second kappa shape index (κ2) is 26.3. The van der Waals surface area contributed by atoms with E-state index in [1.807, 2.05) is 0 Å². The summed E-state index contributed by atoms with van der Waals surface area (Å²) in [5.74, 6) is 1.08. The van der Waals surface area contributed by atoms with Crippen molar-refractivity contribution in [2.45, 2.75) is 193 Å². The van der Waals surface area contributed by atoms with E-state index in [1.54, 1.807) is 6.07 Å². The highest BCUT2D eigenvalue weighted by Crippen LogP contribution is 2.29. The Balaban J connectivity index is 1.28. The molecule has 0 saturated carbocycles. The second-order valence-electron chi connectivity index (χ2n) is 13.4. The lowest BCUT2D eigenvalue weighted by atomic mass is 10.0. The van der Waals surface area contributed by atoms with Gasteiger partial charge in [-0.25, -0.2) is 0 Å². The van der Waals surface area contributed by atoms with Crippen molar-refractivity contribution in [1.29, 1.82) is 0 Å². The number of rotatable bonds is 30. The van der Waals surface area contributed by atoms with Crippen LogP contribution in [-0.2, 0) is 6.42 Å². The molecule has 0 spiro atoms. The monoisotopic (exact) mass is 613 g/mol. The Kier molecular flexibility index (Phi) is 22.8. The standard InChI is InChI=1S/C40H68O4/c1-3-4-5-6-7-8-9-10-11-12-13-14-15-16-17-18-19-20-21-22-23-24-25-26-27-28-29-30-31-35-32-37(41)40-38(42)33-36(43-2)34-39(40)44-35/h32-34,42H,3-31H2,1-2H3. The van der Waals surface area contributed by atoms with E-state index in [-0.39, 0.29) is 16.6 Å². The lowest BCUT2D eigenvalue weighted by Gasteiger charge is -2.07. The van der Waals surface area contributed by atoms with Gasteiger partial charge in [-0.1, -0.05) is 180 Å². The summed E-state index contributed by atoms with van der Waals surface area (Å²) < 4.78 is 11.1. The summed E-state index contributed by atoms with van der Waals surface area (Å²) in [5, 5.41) is 10.3. The Hall–Kier alpha value is -1.97. The molecule has 252 valence electrons. The molecule has 1 aromatic carbocycles. The summed E-state index contributed by atoms with van der Waals surface area (Å²) in [6, 6.07) is 4.64. The van der Waals surface area contributed by atoms with Crippen LogP contribution in [0.4, 0.5) is 0 Å². The fourth-order valence-electron chi connectivity index (χ4n) is 6.50. The zero-order valence-corrected chi connectivity index (χ0v) is 28.9. The molecule has 1 aromatic heterocycles. The van der Waals surface area contributed by atoms with E-state index in [0.717, 1.165) is 19.3 Å². The fraction of sp³-hybridized carbons (Fsp3) is 0.775. The van der Waals surface area contributed by atoms with Gasteiger partial charge in [0.2, 0.25) is 0 Å². The summed E-state index contributed by atoms with van der Waals surface area (Å²) in [7, 11) is 1.53. The van der Waals surface area contributed by atoms with Crippen LogP contribution in [0.1, 0.15) is 192 Å². The second-order valence-corrected chi connectivity index (χ2v) is 13.4. The maximum Gasteiger partial charge on any atom is 0.196 e. The van der Waals surface area contributed by atoms with Gasteiger partial charge in [-0.3, -0.25) is 4.79 Å². The van der Waals surface area contributed by atoms with Crippen molar-refractivity contribution in [3.05, 3.63) is 34.2 Å². The summed E-state index contributed by atoms with van der Waals surface area (Å²) in [4.78, 5) is 12.4. The first-order valence-electron chi connectivity index (χ1n) is 19.0. The number of aryl methyl sites for hydroxylation is 1. The molecule has 0 aliphatic carbocycles. The van der Waals surface area contributed by atoms with Crippen LogP contribution >= 0.6 is 0 Å². The number of hydrogen-bond acceptors (Lipinski definition) is 4. The lowest BCUT2D eigenvalue weighted by molar-refractivity contribution is 0.407. The van der Waals surface area contributed by atoms with E-state index in [2.05, 4.69) is 6.92 Å². The first-order valence-corrected chi connectivity index (χ1v) is 19.0. The van der Waals surface area contributed by atoms with E-state index in [9.17, 15) is 9.90 Å². The molecule has 4 nitrogen and oxygen atoms in total. The maximum absolute atomic E-state index is 12.4. The minimum Gasteiger partial charge on any atom is -0.507 e. The van der Waals surface area contributed by atoms with Gasteiger partial charge in [-0.15, -0.1) is 0 Å². The number of benzene rings is 1. The number of unbranched alkanes of at least 4 members (excludes halogenated alkanes) is 27. The average Bonchev–Trinajstić information content (AvgIpc) is 3.02. The fourth-order valence-corrected chi connectivity index (χ4v) is 6.50. The number of phenolic OH excluding ortho intramolecular Hbond substituents is 1. The number of phenols is 1. The van der Waals surface area contributed by atoms with Crippen LogP contribution in [0.25, 0.3) is 11.0 Å². The largest absolute Gasteiger partial charge is 0.507 e. The van der Waals surface area contributed by atoms with Gasteiger partial charge >= 0.3 is 0 Å². The Bertz CT molecular complexity index is 1010. The molecule has 2 rings (SSSR count). The van der Waals surface area contributed by atoms with E-state index >= 15 is 0 Å². The first kappa shape index (κ1) is 38.2. The van der Waals surface area contributed by atoms with Crippen LogP contribution in [0.3, 0.4) is 0 Å². The first-order chi connectivity index (χ1) is 21.7. The van der Waals surface area contributed by atoms with E-state index in [4.69, 9.17) is 9.15 Å². The molecule has 0 aliphatic rings. The summed E-state index contributed by atoms with van der Waals surface area (Å²) in [5.41, 5.74) is 0.200. The van der Waals surface area contributed by atoms with Crippen LogP contribution in [0.5, 0.6) is 11.5 Å². The van der Waals surface area contributed by atoms with Crippen molar-refractivity contribution in [2.75, 3.05) is 7.11 Å². The third-order valence-corrected chi connectivity index (χ3v) is 9.35.